The van der Waals surface area contributed by atoms with E-state index in [1.807, 2.05) is 0 Å². The van der Waals surface area contributed by atoms with Crippen LogP contribution in [-0.4, -0.2) is 10.7 Å². The zero-order valence-corrected chi connectivity index (χ0v) is 13.5. The summed E-state index contributed by atoms with van der Waals surface area (Å²) in [7, 11) is 0. The van der Waals surface area contributed by atoms with Gasteiger partial charge in [-0.05, 0) is 48.9 Å². The topological polar surface area (TPSA) is 20.2 Å². The molecule has 4 atom stereocenters. The Balaban J connectivity index is 2.17. The van der Waals surface area contributed by atoms with Crippen molar-refractivity contribution in [2.45, 2.75) is 91.1 Å². The Morgan fingerprint density at radius 2 is 1.79 bits per heavy atom. The maximum absolute atomic E-state index is 11.5. The standard InChI is InChI=1S/C18H34O/c1-5-14-9-8-10-15(13-14)18(19)12-7-6-11-16(18)17(2,3)4/h14-16,19H,5-13H2,1-4H3. The Morgan fingerprint density at radius 3 is 2.42 bits per heavy atom. The van der Waals surface area contributed by atoms with E-state index in [0.29, 0.717) is 11.8 Å². The Hall–Kier alpha value is -0.0400. The van der Waals surface area contributed by atoms with Gasteiger partial charge in [-0.25, -0.2) is 0 Å². The smallest absolute Gasteiger partial charge is 0.0708 e. The molecular formula is C18H34O. The molecule has 2 aliphatic carbocycles. The van der Waals surface area contributed by atoms with E-state index in [2.05, 4.69) is 27.7 Å². The van der Waals surface area contributed by atoms with Crippen LogP contribution >= 0.6 is 0 Å². The molecule has 0 saturated heterocycles. The van der Waals surface area contributed by atoms with E-state index in [4.69, 9.17) is 0 Å². The molecule has 0 radical (unpaired) electrons. The molecule has 0 aliphatic heterocycles. The largest absolute Gasteiger partial charge is 0.389 e. The molecule has 0 aromatic rings. The summed E-state index contributed by atoms with van der Waals surface area (Å²) < 4.78 is 0. The van der Waals surface area contributed by atoms with Crippen LogP contribution in [0.1, 0.15) is 85.5 Å². The van der Waals surface area contributed by atoms with Gasteiger partial charge in [0.15, 0.2) is 0 Å². The quantitative estimate of drug-likeness (QED) is 0.731. The average Bonchev–Trinajstić information content (AvgIpc) is 2.38. The maximum Gasteiger partial charge on any atom is 0.0708 e. The van der Waals surface area contributed by atoms with Crippen LogP contribution in [0.25, 0.3) is 0 Å². The SMILES string of the molecule is CCC1CCCC(C2(O)CCCCC2C(C)(C)C)C1. The molecule has 0 aromatic carbocycles. The molecule has 0 aromatic heterocycles. The van der Waals surface area contributed by atoms with Gasteiger partial charge in [0, 0.05) is 0 Å². The van der Waals surface area contributed by atoms with Crippen molar-refractivity contribution in [2.24, 2.45) is 23.2 Å². The van der Waals surface area contributed by atoms with Crippen LogP contribution in [0.4, 0.5) is 0 Å². The first-order chi connectivity index (χ1) is 8.88. The van der Waals surface area contributed by atoms with Crippen LogP contribution in [0.2, 0.25) is 0 Å². The van der Waals surface area contributed by atoms with Crippen LogP contribution in [0.3, 0.4) is 0 Å². The highest BCUT2D eigenvalue weighted by molar-refractivity contribution is 5.00. The second kappa shape index (κ2) is 5.76. The van der Waals surface area contributed by atoms with E-state index in [9.17, 15) is 5.11 Å². The lowest BCUT2D eigenvalue weighted by atomic mass is 9.56. The summed E-state index contributed by atoms with van der Waals surface area (Å²) in [6.45, 7) is 9.30. The van der Waals surface area contributed by atoms with Gasteiger partial charge >= 0.3 is 0 Å². The monoisotopic (exact) mass is 266 g/mol. The summed E-state index contributed by atoms with van der Waals surface area (Å²) in [6, 6.07) is 0. The summed E-state index contributed by atoms with van der Waals surface area (Å²) in [5.41, 5.74) is -0.126. The van der Waals surface area contributed by atoms with Gasteiger partial charge in [0.05, 0.1) is 5.60 Å². The third-order valence-corrected chi connectivity index (χ3v) is 6.04. The molecule has 1 nitrogen and oxygen atoms in total. The van der Waals surface area contributed by atoms with Gasteiger partial charge in [-0.15, -0.1) is 0 Å². The summed E-state index contributed by atoms with van der Waals surface area (Å²) in [6.07, 6.45) is 11.4. The van der Waals surface area contributed by atoms with Crippen molar-refractivity contribution in [2.75, 3.05) is 0 Å². The van der Waals surface area contributed by atoms with Crippen molar-refractivity contribution in [1.82, 2.24) is 0 Å². The fourth-order valence-electron chi connectivity index (χ4n) is 4.97. The van der Waals surface area contributed by atoms with Gasteiger partial charge in [0.1, 0.15) is 0 Å². The van der Waals surface area contributed by atoms with E-state index in [1.54, 1.807) is 0 Å². The van der Waals surface area contributed by atoms with Crippen molar-refractivity contribution >= 4 is 0 Å². The van der Waals surface area contributed by atoms with E-state index >= 15 is 0 Å². The minimum Gasteiger partial charge on any atom is -0.389 e. The minimum absolute atomic E-state index is 0.244. The van der Waals surface area contributed by atoms with E-state index in [1.165, 1.54) is 51.4 Å². The lowest BCUT2D eigenvalue weighted by Crippen LogP contribution is -2.53. The van der Waals surface area contributed by atoms with Crippen molar-refractivity contribution in [3.8, 4) is 0 Å². The second-order valence-electron chi connectivity index (χ2n) is 8.29. The normalized spacial score (nSPS) is 41.2. The van der Waals surface area contributed by atoms with Gasteiger partial charge in [0.25, 0.3) is 0 Å². The Kier molecular flexibility index (Phi) is 4.65. The molecule has 2 aliphatic rings. The van der Waals surface area contributed by atoms with Crippen molar-refractivity contribution in [3.63, 3.8) is 0 Å². The van der Waals surface area contributed by atoms with Gasteiger partial charge in [-0.2, -0.15) is 0 Å². The van der Waals surface area contributed by atoms with Gasteiger partial charge in [0.2, 0.25) is 0 Å². The van der Waals surface area contributed by atoms with E-state index in [0.717, 1.165) is 12.3 Å². The lowest BCUT2D eigenvalue weighted by molar-refractivity contribution is -0.141. The molecular weight excluding hydrogens is 232 g/mol. The molecule has 1 N–H and O–H groups in total. The minimum atomic E-state index is -0.371. The van der Waals surface area contributed by atoms with Crippen LogP contribution in [0, 0.1) is 23.2 Å². The number of rotatable bonds is 2. The molecule has 0 spiro atoms. The number of aliphatic hydroxyl groups is 1. The lowest BCUT2D eigenvalue weighted by Gasteiger charge is -2.52. The Labute approximate surface area is 120 Å². The van der Waals surface area contributed by atoms with E-state index < -0.39 is 0 Å². The molecule has 1 heteroatoms. The first-order valence-corrected chi connectivity index (χ1v) is 8.60. The molecule has 2 fully saturated rings. The van der Waals surface area contributed by atoms with Gasteiger partial charge < -0.3 is 5.11 Å². The summed E-state index contributed by atoms with van der Waals surface area (Å²) in [5.74, 6) is 1.93. The fourth-order valence-corrected chi connectivity index (χ4v) is 4.97. The van der Waals surface area contributed by atoms with Crippen LogP contribution < -0.4 is 0 Å². The van der Waals surface area contributed by atoms with Crippen molar-refractivity contribution < 1.29 is 5.11 Å². The molecule has 112 valence electrons. The predicted molar refractivity (Wildman–Crippen MR) is 82.1 cm³/mol. The molecule has 19 heavy (non-hydrogen) atoms. The average molecular weight is 266 g/mol. The first-order valence-electron chi connectivity index (χ1n) is 8.60. The highest BCUT2D eigenvalue weighted by Gasteiger charge is 2.50. The van der Waals surface area contributed by atoms with Crippen LogP contribution in [0.15, 0.2) is 0 Å². The maximum atomic E-state index is 11.5. The number of hydrogen-bond donors (Lipinski definition) is 1. The highest BCUT2D eigenvalue weighted by Crippen LogP contribution is 2.51. The predicted octanol–water partition coefficient (Wildman–Crippen LogP) is 5.17. The third-order valence-electron chi connectivity index (χ3n) is 6.04. The molecule has 0 bridgehead atoms. The van der Waals surface area contributed by atoms with Crippen LogP contribution in [0.5, 0.6) is 0 Å². The van der Waals surface area contributed by atoms with Gasteiger partial charge in [-0.3, -0.25) is 0 Å². The zero-order valence-electron chi connectivity index (χ0n) is 13.5. The Bertz CT molecular complexity index is 291. The third kappa shape index (κ3) is 3.17. The number of hydrogen-bond acceptors (Lipinski definition) is 1. The van der Waals surface area contributed by atoms with Crippen LogP contribution in [-0.2, 0) is 0 Å². The molecule has 2 rings (SSSR count). The van der Waals surface area contributed by atoms with Crippen molar-refractivity contribution in [1.29, 1.82) is 0 Å². The molecule has 0 amide bonds. The molecule has 4 unspecified atom stereocenters. The molecule has 0 heterocycles. The second-order valence-corrected chi connectivity index (χ2v) is 8.29. The zero-order chi connectivity index (χ0) is 14.1. The molecule has 2 saturated carbocycles. The summed E-state index contributed by atoms with van der Waals surface area (Å²) >= 11 is 0. The summed E-state index contributed by atoms with van der Waals surface area (Å²) in [4.78, 5) is 0. The highest BCUT2D eigenvalue weighted by atomic mass is 16.3. The van der Waals surface area contributed by atoms with Gasteiger partial charge in [-0.1, -0.05) is 59.8 Å². The Morgan fingerprint density at radius 1 is 1.05 bits per heavy atom. The first kappa shape index (κ1) is 15.4. The van der Waals surface area contributed by atoms with E-state index in [-0.39, 0.29) is 11.0 Å². The fraction of sp³-hybridized carbons (Fsp3) is 1.00. The summed E-state index contributed by atoms with van der Waals surface area (Å²) in [5, 5.41) is 11.5. The van der Waals surface area contributed by atoms with Crippen molar-refractivity contribution in [3.05, 3.63) is 0 Å².